The molecule has 4 heteroatoms. The van der Waals surface area contributed by atoms with Crippen LogP contribution in [0.3, 0.4) is 0 Å². The third kappa shape index (κ3) is 3.92. The van der Waals surface area contributed by atoms with Crippen LogP contribution in [0.15, 0.2) is 30.4 Å². The lowest BCUT2D eigenvalue weighted by Gasteiger charge is -2.27. The summed E-state index contributed by atoms with van der Waals surface area (Å²) in [6, 6.07) is 6.01. The Morgan fingerprint density at radius 3 is 2.67 bits per heavy atom. The minimum absolute atomic E-state index is 0.0134. The van der Waals surface area contributed by atoms with Crippen molar-refractivity contribution >= 4 is 5.91 Å². The normalized spacial score (nSPS) is 21.2. The number of rotatable bonds is 4. The van der Waals surface area contributed by atoms with Gasteiger partial charge in [-0.25, -0.2) is 0 Å². The van der Waals surface area contributed by atoms with Gasteiger partial charge in [-0.2, -0.15) is 0 Å². The zero-order valence-corrected chi connectivity index (χ0v) is 14.6. The summed E-state index contributed by atoms with van der Waals surface area (Å²) in [7, 11) is 0. The molecule has 1 aromatic rings. The number of amides is 1. The van der Waals surface area contributed by atoms with Crippen LogP contribution in [-0.4, -0.2) is 19.1 Å². The van der Waals surface area contributed by atoms with Gasteiger partial charge in [-0.05, 0) is 42.9 Å². The molecule has 2 unspecified atom stereocenters. The molecule has 1 amide bonds. The molecule has 2 atom stereocenters. The first-order valence-corrected chi connectivity index (χ1v) is 9.00. The van der Waals surface area contributed by atoms with Crippen LogP contribution in [0.2, 0.25) is 0 Å². The second kappa shape index (κ2) is 7.73. The number of nitrogens with one attached hydrogen (secondary N) is 1. The van der Waals surface area contributed by atoms with Crippen LogP contribution in [0.5, 0.6) is 11.5 Å². The van der Waals surface area contributed by atoms with Crippen LogP contribution in [0.25, 0.3) is 0 Å². The summed E-state index contributed by atoms with van der Waals surface area (Å²) in [5.74, 6) is 2.13. The Bertz CT molecular complexity index is 609. The Morgan fingerprint density at radius 2 is 1.96 bits per heavy atom. The maximum Gasteiger partial charge on any atom is 0.223 e. The second-order valence-electron chi connectivity index (χ2n) is 6.97. The molecule has 0 bridgehead atoms. The molecular weight excluding hydrogens is 302 g/mol. The van der Waals surface area contributed by atoms with Gasteiger partial charge in [-0.3, -0.25) is 4.79 Å². The lowest BCUT2D eigenvalue weighted by molar-refractivity contribution is -0.126. The molecule has 1 aliphatic carbocycles. The molecule has 1 aliphatic heterocycles. The van der Waals surface area contributed by atoms with E-state index in [1.165, 1.54) is 0 Å². The summed E-state index contributed by atoms with van der Waals surface area (Å²) in [4.78, 5) is 12.6. The first kappa shape index (κ1) is 16.9. The first-order chi connectivity index (χ1) is 11.6. The summed E-state index contributed by atoms with van der Waals surface area (Å²) >= 11 is 0. The SMILES string of the molecule is CC(C)C(NC(=O)C1CC=CCC1)c1ccc2c(c1)OCCCO2. The van der Waals surface area contributed by atoms with E-state index in [4.69, 9.17) is 9.47 Å². The van der Waals surface area contributed by atoms with Crippen molar-refractivity contribution in [1.82, 2.24) is 5.32 Å². The number of allylic oxidation sites excluding steroid dienone is 2. The molecule has 0 saturated carbocycles. The number of fused-ring (bicyclic) bond motifs is 1. The predicted octanol–water partition coefficient (Wildman–Crippen LogP) is 4.02. The Hall–Kier alpha value is -1.97. The zero-order valence-electron chi connectivity index (χ0n) is 14.6. The van der Waals surface area contributed by atoms with Crippen molar-refractivity contribution in [3.63, 3.8) is 0 Å². The van der Waals surface area contributed by atoms with Gasteiger partial charge in [0.1, 0.15) is 0 Å². The van der Waals surface area contributed by atoms with Crippen LogP contribution < -0.4 is 14.8 Å². The summed E-state index contributed by atoms with van der Waals surface area (Å²) in [6.45, 7) is 5.62. The quantitative estimate of drug-likeness (QED) is 0.849. The van der Waals surface area contributed by atoms with Gasteiger partial charge < -0.3 is 14.8 Å². The fourth-order valence-electron chi connectivity index (χ4n) is 3.31. The smallest absolute Gasteiger partial charge is 0.223 e. The minimum atomic E-state index is -0.0134. The number of hydrogen-bond acceptors (Lipinski definition) is 3. The van der Waals surface area contributed by atoms with Crippen molar-refractivity contribution in [2.24, 2.45) is 11.8 Å². The highest BCUT2D eigenvalue weighted by Crippen LogP contribution is 2.34. The molecule has 3 rings (SSSR count). The van der Waals surface area contributed by atoms with Gasteiger partial charge >= 0.3 is 0 Å². The van der Waals surface area contributed by atoms with Crippen molar-refractivity contribution in [3.8, 4) is 11.5 Å². The molecular formula is C20H27NO3. The molecule has 1 heterocycles. The van der Waals surface area contributed by atoms with Gasteiger partial charge in [0.05, 0.1) is 19.3 Å². The molecule has 0 aromatic heterocycles. The zero-order chi connectivity index (χ0) is 16.9. The number of hydrogen-bond donors (Lipinski definition) is 1. The Morgan fingerprint density at radius 1 is 1.17 bits per heavy atom. The number of carbonyl (C=O) groups excluding carboxylic acids is 1. The van der Waals surface area contributed by atoms with Crippen molar-refractivity contribution in [1.29, 1.82) is 0 Å². The van der Waals surface area contributed by atoms with E-state index in [1.807, 2.05) is 18.2 Å². The summed E-state index contributed by atoms with van der Waals surface area (Å²) in [6.07, 6.45) is 7.95. The number of benzene rings is 1. The van der Waals surface area contributed by atoms with Crippen LogP contribution in [0, 0.1) is 11.8 Å². The Balaban J connectivity index is 1.76. The molecule has 0 fully saturated rings. The molecule has 0 radical (unpaired) electrons. The Labute approximate surface area is 144 Å². The van der Waals surface area contributed by atoms with E-state index in [0.717, 1.165) is 42.7 Å². The van der Waals surface area contributed by atoms with Crippen molar-refractivity contribution < 1.29 is 14.3 Å². The molecule has 1 N–H and O–H groups in total. The highest BCUT2D eigenvalue weighted by molar-refractivity contribution is 5.79. The van der Waals surface area contributed by atoms with Gasteiger partial charge in [0, 0.05) is 12.3 Å². The highest BCUT2D eigenvalue weighted by Gasteiger charge is 2.25. The van der Waals surface area contributed by atoms with E-state index in [2.05, 4.69) is 31.3 Å². The first-order valence-electron chi connectivity index (χ1n) is 9.00. The lowest BCUT2D eigenvalue weighted by Crippen LogP contribution is -2.36. The van der Waals surface area contributed by atoms with E-state index in [-0.39, 0.29) is 17.9 Å². The van der Waals surface area contributed by atoms with Gasteiger partial charge in [-0.15, -0.1) is 0 Å². The van der Waals surface area contributed by atoms with Crippen molar-refractivity contribution in [3.05, 3.63) is 35.9 Å². The van der Waals surface area contributed by atoms with Crippen molar-refractivity contribution in [2.45, 2.75) is 45.6 Å². The molecule has 0 saturated heterocycles. The fraction of sp³-hybridized carbons (Fsp3) is 0.550. The van der Waals surface area contributed by atoms with E-state index in [9.17, 15) is 4.79 Å². The topological polar surface area (TPSA) is 47.6 Å². The average molecular weight is 329 g/mol. The fourth-order valence-corrected chi connectivity index (χ4v) is 3.31. The van der Waals surface area contributed by atoms with Crippen LogP contribution in [0.1, 0.15) is 51.1 Å². The second-order valence-corrected chi connectivity index (χ2v) is 6.97. The maximum atomic E-state index is 12.6. The lowest BCUT2D eigenvalue weighted by atomic mass is 9.91. The minimum Gasteiger partial charge on any atom is -0.490 e. The van der Waals surface area contributed by atoms with Crippen molar-refractivity contribution in [2.75, 3.05) is 13.2 Å². The van der Waals surface area contributed by atoms with Gasteiger partial charge in [0.25, 0.3) is 0 Å². The number of ether oxygens (including phenoxy) is 2. The summed E-state index contributed by atoms with van der Waals surface area (Å²) < 4.78 is 11.5. The predicted molar refractivity (Wildman–Crippen MR) is 94.3 cm³/mol. The molecule has 130 valence electrons. The number of carbonyl (C=O) groups is 1. The van der Waals surface area contributed by atoms with E-state index in [0.29, 0.717) is 19.1 Å². The summed E-state index contributed by atoms with van der Waals surface area (Å²) in [5.41, 5.74) is 1.08. The van der Waals surface area contributed by atoms with E-state index < -0.39 is 0 Å². The summed E-state index contributed by atoms with van der Waals surface area (Å²) in [5, 5.41) is 3.26. The molecule has 0 spiro atoms. The molecule has 4 nitrogen and oxygen atoms in total. The van der Waals surface area contributed by atoms with Gasteiger partial charge in [0.2, 0.25) is 5.91 Å². The van der Waals surface area contributed by atoms with E-state index in [1.54, 1.807) is 0 Å². The van der Waals surface area contributed by atoms with Gasteiger partial charge in [-0.1, -0.05) is 32.1 Å². The maximum absolute atomic E-state index is 12.6. The Kier molecular flexibility index (Phi) is 5.44. The molecule has 24 heavy (non-hydrogen) atoms. The third-order valence-corrected chi connectivity index (χ3v) is 4.73. The highest BCUT2D eigenvalue weighted by atomic mass is 16.5. The standard InChI is InChI=1S/C20H27NO3/c1-14(2)19(21-20(22)15-7-4-3-5-8-15)16-9-10-17-18(13-16)24-12-6-11-23-17/h3-4,9-10,13-15,19H,5-8,11-12H2,1-2H3,(H,21,22). The van der Waals surface area contributed by atoms with Crippen LogP contribution >= 0.6 is 0 Å². The van der Waals surface area contributed by atoms with E-state index >= 15 is 0 Å². The third-order valence-electron chi connectivity index (χ3n) is 4.73. The van der Waals surface area contributed by atoms with Crippen LogP contribution in [0.4, 0.5) is 0 Å². The molecule has 2 aliphatic rings. The van der Waals surface area contributed by atoms with Crippen LogP contribution in [-0.2, 0) is 4.79 Å². The molecule has 1 aromatic carbocycles. The van der Waals surface area contributed by atoms with Gasteiger partial charge in [0.15, 0.2) is 11.5 Å². The monoisotopic (exact) mass is 329 g/mol. The largest absolute Gasteiger partial charge is 0.490 e. The average Bonchev–Trinajstić information content (AvgIpc) is 2.84.